The summed E-state index contributed by atoms with van der Waals surface area (Å²) in [4.78, 5) is 4.12. The Kier molecular flexibility index (Phi) is 4.58. The van der Waals surface area contributed by atoms with E-state index in [1.165, 1.54) is 0 Å². The Labute approximate surface area is 119 Å². The lowest BCUT2D eigenvalue weighted by molar-refractivity contribution is 0.184. The van der Waals surface area contributed by atoms with E-state index in [-0.39, 0.29) is 0 Å². The minimum atomic E-state index is 0.384. The molecule has 0 amide bonds. The van der Waals surface area contributed by atoms with Crippen LogP contribution in [0, 0.1) is 0 Å². The fraction of sp³-hybridized carbons (Fsp3) is 0.154. The molecule has 5 heteroatoms. The van der Waals surface area contributed by atoms with Crippen LogP contribution >= 0.6 is 27.5 Å². The van der Waals surface area contributed by atoms with Crippen LogP contribution < -0.4 is 4.74 Å². The monoisotopic (exact) mass is 327 g/mol. The molecule has 0 aliphatic heterocycles. The Morgan fingerprint density at radius 1 is 1.33 bits per heavy atom. The largest absolute Gasteiger partial charge is 0.438 e. The Morgan fingerprint density at radius 2 is 2.17 bits per heavy atom. The van der Waals surface area contributed by atoms with Gasteiger partial charge in [0.15, 0.2) is 0 Å². The zero-order chi connectivity index (χ0) is 13.0. The Morgan fingerprint density at radius 3 is 2.89 bits per heavy atom. The third-order valence-electron chi connectivity index (χ3n) is 2.20. The molecule has 2 rings (SSSR count). The van der Waals surface area contributed by atoms with Gasteiger partial charge in [0.1, 0.15) is 10.8 Å². The van der Waals surface area contributed by atoms with Crippen molar-refractivity contribution in [3.63, 3.8) is 0 Å². The Bertz CT molecular complexity index is 548. The van der Waals surface area contributed by atoms with Gasteiger partial charge in [0.25, 0.3) is 0 Å². The second-order valence-corrected chi connectivity index (χ2v) is 4.95. The number of methoxy groups -OCH3 is 1. The van der Waals surface area contributed by atoms with Gasteiger partial charge in [0, 0.05) is 17.8 Å². The molecular formula is C13H11BrClNO2. The standard InChI is InChI=1S/C13H11BrClNO2/c1-17-8-9-3-2-4-11(5-9)18-13-12(15)6-10(14)7-16-13/h2-7H,8H2,1H3. The van der Waals surface area contributed by atoms with Crippen molar-refractivity contribution in [3.05, 3.63) is 51.6 Å². The van der Waals surface area contributed by atoms with Gasteiger partial charge < -0.3 is 9.47 Å². The first kappa shape index (κ1) is 13.3. The summed E-state index contributed by atoms with van der Waals surface area (Å²) in [6, 6.07) is 9.34. The molecular weight excluding hydrogens is 318 g/mol. The molecule has 0 unspecified atom stereocenters. The number of aromatic nitrogens is 1. The van der Waals surface area contributed by atoms with E-state index in [2.05, 4.69) is 20.9 Å². The quantitative estimate of drug-likeness (QED) is 0.831. The number of hydrogen-bond donors (Lipinski definition) is 0. The maximum Gasteiger partial charge on any atom is 0.238 e. The van der Waals surface area contributed by atoms with E-state index in [0.29, 0.717) is 23.3 Å². The second-order valence-electron chi connectivity index (χ2n) is 3.62. The molecule has 0 saturated heterocycles. The highest BCUT2D eigenvalue weighted by Crippen LogP contribution is 2.29. The van der Waals surface area contributed by atoms with Gasteiger partial charge in [-0.15, -0.1) is 0 Å². The van der Waals surface area contributed by atoms with Crippen LogP contribution in [0.5, 0.6) is 11.6 Å². The van der Waals surface area contributed by atoms with Gasteiger partial charge >= 0.3 is 0 Å². The zero-order valence-electron chi connectivity index (χ0n) is 9.69. The van der Waals surface area contributed by atoms with E-state index in [0.717, 1.165) is 10.0 Å². The predicted octanol–water partition coefficient (Wildman–Crippen LogP) is 4.44. The molecule has 1 aromatic heterocycles. The fourth-order valence-corrected chi connectivity index (χ4v) is 2.12. The Balaban J connectivity index is 2.20. The van der Waals surface area contributed by atoms with Crippen molar-refractivity contribution in [2.45, 2.75) is 6.61 Å². The topological polar surface area (TPSA) is 31.4 Å². The number of halogens is 2. The summed E-state index contributed by atoms with van der Waals surface area (Å²) in [5.41, 5.74) is 1.03. The zero-order valence-corrected chi connectivity index (χ0v) is 12.0. The summed E-state index contributed by atoms with van der Waals surface area (Å²) in [5, 5.41) is 0.460. The molecule has 2 aromatic rings. The highest BCUT2D eigenvalue weighted by atomic mass is 79.9. The minimum absolute atomic E-state index is 0.384. The third kappa shape index (κ3) is 3.45. The lowest BCUT2D eigenvalue weighted by atomic mass is 10.2. The van der Waals surface area contributed by atoms with E-state index in [9.17, 15) is 0 Å². The third-order valence-corrected chi connectivity index (χ3v) is 2.90. The molecule has 0 fully saturated rings. The van der Waals surface area contributed by atoms with Crippen molar-refractivity contribution < 1.29 is 9.47 Å². The average Bonchev–Trinajstić information content (AvgIpc) is 2.34. The molecule has 0 atom stereocenters. The second kappa shape index (κ2) is 6.18. The molecule has 94 valence electrons. The molecule has 0 aliphatic carbocycles. The molecule has 1 aromatic carbocycles. The molecule has 1 heterocycles. The summed E-state index contributed by atoms with van der Waals surface area (Å²) in [5.74, 6) is 1.07. The van der Waals surface area contributed by atoms with Crippen molar-refractivity contribution in [2.24, 2.45) is 0 Å². The van der Waals surface area contributed by atoms with Crippen LogP contribution in [-0.4, -0.2) is 12.1 Å². The first-order chi connectivity index (χ1) is 8.69. The molecule has 3 nitrogen and oxygen atoms in total. The molecule has 0 radical (unpaired) electrons. The summed E-state index contributed by atoms with van der Waals surface area (Å²) < 4.78 is 11.5. The highest BCUT2D eigenvalue weighted by molar-refractivity contribution is 9.10. The summed E-state index contributed by atoms with van der Waals surface area (Å²) in [6.07, 6.45) is 1.64. The van der Waals surface area contributed by atoms with Gasteiger partial charge in [0.2, 0.25) is 5.88 Å². The number of ether oxygens (including phenoxy) is 2. The van der Waals surface area contributed by atoms with Gasteiger partial charge in [0.05, 0.1) is 6.61 Å². The van der Waals surface area contributed by atoms with Crippen LogP contribution in [0.3, 0.4) is 0 Å². The maximum atomic E-state index is 6.04. The number of benzene rings is 1. The molecule has 0 bridgehead atoms. The van der Waals surface area contributed by atoms with E-state index in [1.807, 2.05) is 24.3 Å². The number of pyridine rings is 1. The van der Waals surface area contributed by atoms with Crippen LogP contribution in [0.4, 0.5) is 0 Å². The molecule has 0 N–H and O–H groups in total. The van der Waals surface area contributed by atoms with Crippen molar-refractivity contribution in [1.82, 2.24) is 4.98 Å². The van der Waals surface area contributed by atoms with Gasteiger partial charge in [-0.05, 0) is 39.7 Å². The van der Waals surface area contributed by atoms with Crippen molar-refractivity contribution in [2.75, 3.05) is 7.11 Å². The van der Waals surface area contributed by atoms with E-state index < -0.39 is 0 Å². The van der Waals surface area contributed by atoms with Gasteiger partial charge in [-0.3, -0.25) is 0 Å². The summed E-state index contributed by atoms with van der Waals surface area (Å²) >= 11 is 9.33. The average molecular weight is 329 g/mol. The first-order valence-corrected chi connectivity index (χ1v) is 6.43. The number of rotatable bonds is 4. The van der Waals surface area contributed by atoms with Crippen molar-refractivity contribution in [3.8, 4) is 11.6 Å². The first-order valence-electron chi connectivity index (χ1n) is 5.26. The van der Waals surface area contributed by atoms with Gasteiger partial charge in [-0.1, -0.05) is 23.7 Å². The summed E-state index contributed by atoms with van der Waals surface area (Å²) in [7, 11) is 1.65. The van der Waals surface area contributed by atoms with Crippen LogP contribution in [0.25, 0.3) is 0 Å². The molecule has 0 spiro atoms. The minimum Gasteiger partial charge on any atom is -0.438 e. The molecule has 18 heavy (non-hydrogen) atoms. The van der Waals surface area contributed by atoms with Crippen molar-refractivity contribution in [1.29, 1.82) is 0 Å². The van der Waals surface area contributed by atoms with E-state index >= 15 is 0 Å². The molecule has 0 aliphatic rings. The van der Waals surface area contributed by atoms with Crippen molar-refractivity contribution >= 4 is 27.5 Å². The van der Waals surface area contributed by atoms with Crippen LogP contribution in [0.1, 0.15) is 5.56 Å². The van der Waals surface area contributed by atoms with Crippen LogP contribution in [0.15, 0.2) is 41.0 Å². The Hall–Kier alpha value is -1.10. The van der Waals surface area contributed by atoms with Gasteiger partial charge in [-0.25, -0.2) is 4.98 Å². The SMILES string of the molecule is COCc1cccc(Oc2ncc(Br)cc2Cl)c1. The van der Waals surface area contributed by atoms with Crippen LogP contribution in [0.2, 0.25) is 5.02 Å². The predicted molar refractivity (Wildman–Crippen MR) is 74.2 cm³/mol. The normalized spacial score (nSPS) is 10.4. The lowest BCUT2D eigenvalue weighted by Crippen LogP contribution is -1.91. The smallest absolute Gasteiger partial charge is 0.238 e. The number of hydrogen-bond acceptors (Lipinski definition) is 3. The summed E-state index contributed by atoms with van der Waals surface area (Å²) in [6.45, 7) is 0.540. The fourth-order valence-electron chi connectivity index (χ4n) is 1.45. The molecule has 0 saturated carbocycles. The van der Waals surface area contributed by atoms with E-state index in [4.69, 9.17) is 21.1 Å². The van der Waals surface area contributed by atoms with E-state index in [1.54, 1.807) is 19.4 Å². The maximum absolute atomic E-state index is 6.04. The van der Waals surface area contributed by atoms with Gasteiger partial charge in [-0.2, -0.15) is 0 Å². The number of nitrogens with zero attached hydrogens (tertiary/aromatic N) is 1. The highest BCUT2D eigenvalue weighted by Gasteiger charge is 2.06. The van der Waals surface area contributed by atoms with Crippen LogP contribution in [-0.2, 0) is 11.3 Å². The lowest BCUT2D eigenvalue weighted by Gasteiger charge is -2.08.